The van der Waals surface area contributed by atoms with Crippen LogP contribution in [0.5, 0.6) is 17.4 Å². The second-order valence-corrected chi connectivity index (χ2v) is 5.93. The smallest absolute Gasteiger partial charge is 0.417 e. The number of aromatic nitrogens is 1. The van der Waals surface area contributed by atoms with Crippen LogP contribution in [0.1, 0.15) is 15.9 Å². The standard InChI is InChI=1S/C18H17F3N2O4/c1-25-13-5-11(6-14(7-13)26-2)17(24)23-9-15(10-23)27-16-4-3-12(8-22-16)18(19,20)21/h3-8,15H,9-10H2,1-2H3. The summed E-state index contributed by atoms with van der Waals surface area (Å²) < 4.78 is 53.4. The predicted molar refractivity (Wildman–Crippen MR) is 89.1 cm³/mol. The Morgan fingerprint density at radius 1 is 1.11 bits per heavy atom. The van der Waals surface area contributed by atoms with Crippen molar-refractivity contribution in [2.24, 2.45) is 0 Å². The van der Waals surface area contributed by atoms with Gasteiger partial charge in [0.1, 0.15) is 17.6 Å². The maximum Gasteiger partial charge on any atom is 0.417 e. The van der Waals surface area contributed by atoms with E-state index in [9.17, 15) is 18.0 Å². The second kappa shape index (κ2) is 7.34. The highest BCUT2D eigenvalue weighted by Gasteiger charge is 2.34. The van der Waals surface area contributed by atoms with Gasteiger partial charge in [0, 0.05) is 23.9 Å². The number of halogens is 3. The summed E-state index contributed by atoms with van der Waals surface area (Å²) in [5.74, 6) is 0.871. The van der Waals surface area contributed by atoms with Crippen molar-refractivity contribution in [1.82, 2.24) is 9.88 Å². The van der Waals surface area contributed by atoms with Crippen LogP contribution >= 0.6 is 0 Å². The van der Waals surface area contributed by atoms with Crippen molar-refractivity contribution >= 4 is 5.91 Å². The molecule has 0 bridgehead atoms. The van der Waals surface area contributed by atoms with Crippen molar-refractivity contribution in [2.75, 3.05) is 27.3 Å². The molecule has 0 spiro atoms. The summed E-state index contributed by atoms with van der Waals surface area (Å²) in [5, 5.41) is 0. The Morgan fingerprint density at radius 2 is 1.74 bits per heavy atom. The summed E-state index contributed by atoms with van der Waals surface area (Å²) in [6, 6.07) is 6.95. The zero-order chi connectivity index (χ0) is 19.6. The zero-order valence-electron chi connectivity index (χ0n) is 14.6. The Labute approximate surface area is 153 Å². The van der Waals surface area contributed by atoms with Crippen LogP contribution in [0.15, 0.2) is 36.5 Å². The highest BCUT2D eigenvalue weighted by Crippen LogP contribution is 2.30. The Bertz CT molecular complexity index is 796. The number of hydrogen-bond acceptors (Lipinski definition) is 5. The molecule has 1 aliphatic rings. The average Bonchev–Trinajstić information content (AvgIpc) is 2.63. The molecule has 0 saturated carbocycles. The Balaban J connectivity index is 1.58. The molecule has 0 atom stereocenters. The van der Waals surface area contributed by atoms with Gasteiger partial charge in [-0.2, -0.15) is 13.2 Å². The van der Waals surface area contributed by atoms with E-state index >= 15 is 0 Å². The SMILES string of the molecule is COc1cc(OC)cc(C(=O)N2CC(Oc3ccc(C(F)(F)F)cn3)C2)c1. The molecule has 2 heterocycles. The lowest BCUT2D eigenvalue weighted by Crippen LogP contribution is -2.56. The van der Waals surface area contributed by atoms with E-state index in [0.717, 1.165) is 12.3 Å². The van der Waals surface area contributed by atoms with E-state index in [1.807, 2.05) is 0 Å². The summed E-state index contributed by atoms with van der Waals surface area (Å²) in [6.07, 6.45) is -4.05. The number of alkyl halides is 3. The van der Waals surface area contributed by atoms with Gasteiger partial charge in [-0.25, -0.2) is 4.98 Å². The lowest BCUT2D eigenvalue weighted by molar-refractivity contribution is -0.137. The number of rotatable bonds is 5. The number of carbonyl (C=O) groups excluding carboxylic acids is 1. The fourth-order valence-corrected chi connectivity index (χ4v) is 2.58. The number of amides is 1. The molecule has 0 radical (unpaired) electrons. The highest BCUT2D eigenvalue weighted by molar-refractivity contribution is 5.95. The minimum atomic E-state index is -4.44. The molecule has 0 N–H and O–H groups in total. The van der Waals surface area contributed by atoms with E-state index in [-0.39, 0.29) is 17.9 Å². The van der Waals surface area contributed by atoms with Crippen LogP contribution in [0, 0.1) is 0 Å². The van der Waals surface area contributed by atoms with Crippen molar-refractivity contribution in [1.29, 1.82) is 0 Å². The van der Waals surface area contributed by atoms with Gasteiger partial charge in [-0.15, -0.1) is 0 Å². The molecule has 1 amide bonds. The third-order valence-corrected chi connectivity index (χ3v) is 4.08. The van der Waals surface area contributed by atoms with Crippen LogP contribution in [-0.4, -0.2) is 49.2 Å². The molecular formula is C18H17F3N2O4. The number of hydrogen-bond donors (Lipinski definition) is 0. The lowest BCUT2D eigenvalue weighted by atomic mass is 10.1. The van der Waals surface area contributed by atoms with Crippen molar-refractivity contribution in [3.05, 3.63) is 47.7 Å². The maximum absolute atomic E-state index is 12.5. The molecule has 1 aliphatic heterocycles. The molecule has 6 nitrogen and oxygen atoms in total. The Kier molecular flexibility index (Phi) is 5.11. The van der Waals surface area contributed by atoms with Gasteiger partial charge in [0.05, 0.1) is 32.9 Å². The van der Waals surface area contributed by atoms with Gasteiger partial charge in [-0.3, -0.25) is 4.79 Å². The third-order valence-electron chi connectivity index (χ3n) is 4.08. The topological polar surface area (TPSA) is 60.9 Å². The van der Waals surface area contributed by atoms with Crippen LogP contribution in [0.25, 0.3) is 0 Å². The van der Waals surface area contributed by atoms with Gasteiger partial charge < -0.3 is 19.1 Å². The minimum Gasteiger partial charge on any atom is -0.497 e. The van der Waals surface area contributed by atoms with Crippen LogP contribution in [0.3, 0.4) is 0 Å². The molecule has 1 fully saturated rings. The number of carbonyl (C=O) groups is 1. The lowest BCUT2D eigenvalue weighted by Gasteiger charge is -2.38. The fraction of sp³-hybridized carbons (Fsp3) is 0.333. The van der Waals surface area contributed by atoms with Gasteiger partial charge in [-0.1, -0.05) is 0 Å². The zero-order valence-corrected chi connectivity index (χ0v) is 14.6. The summed E-state index contributed by atoms with van der Waals surface area (Å²) in [4.78, 5) is 17.8. The molecule has 1 aromatic heterocycles. The number of methoxy groups -OCH3 is 2. The second-order valence-electron chi connectivity index (χ2n) is 5.93. The molecule has 9 heteroatoms. The molecule has 1 saturated heterocycles. The summed E-state index contributed by atoms with van der Waals surface area (Å²) in [5.41, 5.74) is -0.426. The first-order chi connectivity index (χ1) is 12.8. The number of benzene rings is 1. The van der Waals surface area contributed by atoms with Gasteiger partial charge in [0.25, 0.3) is 5.91 Å². The van der Waals surface area contributed by atoms with E-state index < -0.39 is 11.7 Å². The minimum absolute atomic E-state index is 0.0862. The van der Waals surface area contributed by atoms with Gasteiger partial charge in [-0.05, 0) is 18.2 Å². The molecular weight excluding hydrogens is 365 g/mol. The van der Waals surface area contributed by atoms with E-state index in [2.05, 4.69) is 4.98 Å². The number of likely N-dealkylation sites (tertiary alicyclic amines) is 1. The first kappa shape index (κ1) is 18.8. The molecule has 0 aliphatic carbocycles. The van der Waals surface area contributed by atoms with Gasteiger partial charge in [0.2, 0.25) is 5.88 Å². The van der Waals surface area contributed by atoms with Crippen LogP contribution < -0.4 is 14.2 Å². The number of nitrogens with zero attached hydrogens (tertiary/aromatic N) is 2. The van der Waals surface area contributed by atoms with E-state index in [4.69, 9.17) is 14.2 Å². The van der Waals surface area contributed by atoms with Crippen molar-refractivity contribution in [2.45, 2.75) is 12.3 Å². The van der Waals surface area contributed by atoms with Crippen molar-refractivity contribution in [3.8, 4) is 17.4 Å². The summed E-state index contributed by atoms with van der Waals surface area (Å²) >= 11 is 0. The maximum atomic E-state index is 12.5. The predicted octanol–water partition coefficient (Wildman–Crippen LogP) is 3.02. The number of pyridine rings is 1. The fourth-order valence-electron chi connectivity index (χ4n) is 2.58. The average molecular weight is 382 g/mol. The molecule has 27 heavy (non-hydrogen) atoms. The van der Waals surface area contributed by atoms with E-state index in [1.54, 1.807) is 23.1 Å². The summed E-state index contributed by atoms with van der Waals surface area (Å²) in [7, 11) is 2.99. The summed E-state index contributed by atoms with van der Waals surface area (Å²) in [6.45, 7) is 0.613. The van der Waals surface area contributed by atoms with Crippen LogP contribution in [-0.2, 0) is 6.18 Å². The van der Waals surface area contributed by atoms with Gasteiger partial charge >= 0.3 is 6.18 Å². The van der Waals surface area contributed by atoms with Crippen LogP contribution in [0.4, 0.5) is 13.2 Å². The molecule has 3 rings (SSSR count). The largest absolute Gasteiger partial charge is 0.497 e. The molecule has 2 aromatic rings. The number of ether oxygens (including phenoxy) is 3. The Morgan fingerprint density at radius 3 is 2.22 bits per heavy atom. The first-order valence-corrected chi connectivity index (χ1v) is 8.02. The molecule has 1 aromatic carbocycles. The quantitative estimate of drug-likeness (QED) is 0.796. The molecule has 144 valence electrons. The normalized spacial score (nSPS) is 14.5. The van der Waals surface area contributed by atoms with Crippen molar-refractivity contribution < 1.29 is 32.2 Å². The molecule has 0 unspecified atom stereocenters. The third kappa shape index (κ3) is 4.24. The Hall–Kier alpha value is -2.97. The van der Waals surface area contributed by atoms with Crippen molar-refractivity contribution in [3.63, 3.8) is 0 Å². The van der Waals surface area contributed by atoms with E-state index in [0.29, 0.717) is 30.2 Å². The highest BCUT2D eigenvalue weighted by atomic mass is 19.4. The van der Waals surface area contributed by atoms with Gasteiger partial charge in [0.15, 0.2) is 0 Å². The first-order valence-electron chi connectivity index (χ1n) is 8.02. The van der Waals surface area contributed by atoms with Crippen LogP contribution in [0.2, 0.25) is 0 Å². The monoisotopic (exact) mass is 382 g/mol. The van der Waals surface area contributed by atoms with E-state index in [1.165, 1.54) is 20.3 Å².